The zero-order valence-corrected chi connectivity index (χ0v) is 11.0. The third-order valence-electron chi connectivity index (χ3n) is 3.39. The van der Waals surface area contributed by atoms with E-state index in [9.17, 15) is 9.59 Å². The summed E-state index contributed by atoms with van der Waals surface area (Å²) in [6.07, 6.45) is 10.2. The van der Waals surface area contributed by atoms with Crippen LogP contribution in [0.5, 0.6) is 0 Å². The molecule has 1 aliphatic carbocycles. The van der Waals surface area contributed by atoms with E-state index in [1.54, 1.807) is 0 Å². The highest BCUT2D eigenvalue weighted by Gasteiger charge is 2.15. The molecule has 0 heterocycles. The first-order chi connectivity index (χ1) is 8.68. The maximum atomic E-state index is 11.5. The second-order valence-electron chi connectivity index (χ2n) is 5.06. The molecule has 4 nitrogen and oxygen atoms in total. The molecule has 0 aromatic heterocycles. The average molecular weight is 256 g/mol. The second-order valence-corrected chi connectivity index (χ2v) is 5.06. The molecule has 0 spiro atoms. The van der Waals surface area contributed by atoms with Crippen molar-refractivity contribution in [3.05, 3.63) is 0 Å². The molecule has 0 saturated heterocycles. The Morgan fingerprint density at radius 2 is 1.39 bits per heavy atom. The molecular formula is C14H24O4. The molecule has 1 saturated carbocycles. The van der Waals surface area contributed by atoms with Gasteiger partial charge in [0.25, 0.3) is 0 Å². The molecular weight excluding hydrogens is 232 g/mol. The molecule has 0 atom stereocenters. The first-order valence-corrected chi connectivity index (χ1v) is 7.10. The summed E-state index contributed by atoms with van der Waals surface area (Å²) in [4.78, 5) is 21.9. The first kappa shape index (κ1) is 15.0. The van der Waals surface area contributed by atoms with E-state index in [0.29, 0.717) is 0 Å². The summed E-state index contributed by atoms with van der Waals surface area (Å²) in [5.41, 5.74) is 0. The summed E-state index contributed by atoms with van der Waals surface area (Å²) < 4.78 is 5.37. The largest absolute Gasteiger partial charge is 0.481 e. The van der Waals surface area contributed by atoms with E-state index in [2.05, 4.69) is 0 Å². The fraction of sp³-hybridized carbons (Fsp3) is 0.857. The molecule has 0 unspecified atom stereocenters. The van der Waals surface area contributed by atoms with Crippen molar-refractivity contribution in [2.24, 2.45) is 0 Å². The van der Waals surface area contributed by atoms with Gasteiger partial charge in [0.1, 0.15) is 6.10 Å². The van der Waals surface area contributed by atoms with Gasteiger partial charge >= 0.3 is 11.9 Å². The predicted molar refractivity (Wildman–Crippen MR) is 68.3 cm³/mol. The SMILES string of the molecule is O=C(O)CCC(=O)OC1CCCCCCCCC1. The van der Waals surface area contributed by atoms with E-state index >= 15 is 0 Å². The highest BCUT2D eigenvalue weighted by Crippen LogP contribution is 2.19. The van der Waals surface area contributed by atoms with Crippen LogP contribution in [-0.2, 0) is 14.3 Å². The topological polar surface area (TPSA) is 63.6 Å². The summed E-state index contributed by atoms with van der Waals surface area (Å²) in [7, 11) is 0. The second kappa shape index (κ2) is 8.95. The third kappa shape index (κ3) is 7.30. The lowest BCUT2D eigenvalue weighted by Crippen LogP contribution is -2.19. The number of ether oxygens (including phenoxy) is 1. The number of aliphatic carboxylic acids is 1. The van der Waals surface area contributed by atoms with E-state index < -0.39 is 5.97 Å². The smallest absolute Gasteiger partial charge is 0.306 e. The molecule has 0 radical (unpaired) electrons. The fourth-order valence-electron chi connectivity index (χ4n) is 2.34. The van der Waals surface area contributed by atoms with Crippen molar-refractivity contribution in [1.82, 2.24) is 0 Å². The Labute approximate surface area is 109 Å². The Kier molecular flexibility index (Phi) is 7.46. The van der Waals surface area contributed by atoms with Crippen LogP contribution in [0.4, 0.5) is 0 Å². The zero-order valence-electron chi connectivity index (χ0n) is 11.0. The highest BCUT2D eigenvalue weighted by molar-refractivity contribution is 5.76. The standard InChI is InChI=1S/C14H24O4/c15-13(16)10-11-14(17)18-12-8-6-4-2-1-3-5-7-9-12/h12H,1-11H2,(H,15,16). The summed E-state index contributed by atoms with van der Waals surface area (Å²) in [5.74, 6) is -1.31. The Morgan fingerprint density at radius 3 is 1.89 bits per heavy atom. The summed E-state index contributed by atoms with van der Waals surface area (Å²) in [6, 6.07) is 0. The van der Waals surface area contributed by atoms with Gasteiger partial charge in [0.15, 0.2) is 0 Å². The molecule has 0 aromatic rings. The minimum atomic E-state index is -0.946. The number of carbonyl (C=O) groups is 2. The van der Waals surface area contributed by atoms with E-state index in [1.807, 2.05) is 0 Å². The van der Waals surface area contributed by atoms with Crippen LogP contribution < -0.4 is 0 Å². The third-order valence-corrected chi connectivity index (χ3v) is 3.39. The molecule has 1 aliphatic rings. The van der Waals surface area contributed by atoms with Crippen LogP contribution in [0.3, 0.4) is 0 Å². The van der Waals surface area contributed by atoms with Crippen LogP contribution in [0, 0.1) is 0 Å². The molecule has 0 amide bonds. The number of rotatable bonds is 4. The minimum absolute atomic E-state index is 0.00407. The van der Waals surface area contributed by atoms with Gasteiger partial charge in [-0.1, -0.05) is 32.1 Å². The lowest BCUT2D eigenvalue weighted by Gasteiger charge is -2.19. The lowest BCUT2D eigenvalue weighted by molar-refractivity contribution is -0.152. The molecule has 4 heteroatoms. The highest BCUT2D eigenvalue weighted by atomic mass is 16.5. The van der Waals surface area contributed by atoms with Crippen molar-refractivity contribution >= 4 is 11.9 Å². The molecule has 1 rings (SSSR count). The van der Waals surface area contributed by atoms with E-state index in [1.165, 1.54) is 32.1 Å². The van der Waals surface area contributed by atoms with Crippen molar-refractivity contribution in [3.8, 4) is 0 Å². The quantitative estimate of drug-likeness (QED) is 0.784. The Hall–Kier alpha value is -1.06. The van der Waals surface area contributed by atoms with Crippen LogP contribution in [-0.4, -0.2) is 23.1 Å². The van der Waals surface area contributed by atoms with Gasteiger partial charge < -0.3 is 9.84 Å². The van der Waals surface area contributed by atoms with Gasteiger partial charge in [-0.05, 0) is 25.7 Å². The van der Waals surface area contributed by atoms with Crippen LogP contribution >= 0.6 is 0 Å². The lowest BCUT2D eigenvalue weighted by atomic mass is 9.99. The normalized spacial score (nSPS) is 19.1. The van der Waals surface area contributed by atoms with Gasteiger partial charge in [0.05, 0.1) is 12.8 Å². The van der Waals surface area contributed by atoms with E-state index in [4.69, 9.17) is 9.84 Å². The van der Waals surface area contributed by atoms with Gasteiger partial charge in [-0.25, -0.2) is 0 Å². The number of hydrogen-bond donors (Lipinski definition) is 1. The van der Waals surface area contributed by atoms with Gasteiger partial charge in [-0.15, -0.1) is 0 Å². The Bertz CT molecular complexity index is 253. The van der Waals surface area contributed by atoms with Crippen LogP contribution in [0.15, 0.2) is 0 Å². The molecule has 1 fully saturated rings. The average Bonchev–Trinajstić information content (AvgIpc) is 2.35. The van der Waals surface area contributed by atoms with Gasteiger partial charge in [0, 0.05) is 0 Å². The Balaban J connectivity index is 2.27. The zero-order chi connectivity index (χ0) is 13.2. The molecule has 104 valence electrons. The van der Waals surface area contributed by atoms with Gasteiger partial charge in [0.2, 0.25) is 0 Å². The predicted octanol–water partition coefficient (Wildman–Crippen LogP) is 3.29. The van der Waals surface area contributed by atoms with Crippen molar-refractivity contribution in [2.45, 2.75) is 76.7 Å². The Morgan fingerprint density at radius 1 is 0.889 bits per heavy atom. The van der Waals surface area contributed by atoms with Crippen molar-refractivity contribution < 1.29 is 19.4 Å². The number of carboxylic acids is 1. The number of esters is 1. The van der Waals surface area contributed by atoms with Crippen LogP contribution in [0.2, 0.25) is 0 Å². The first-order valence-electron chi connectivity index (χ1n) is 7.10. The van der Waals surface area contributed by atoms with Crippen molar-refractivity contribution in [1.29, 1.82) is 0 Å². The van der Waals surface area contributed by atoms with Gasteiger partial charge in [-0.3, -0.25) is 9.59 Å². The minimum Gasteiger partial charge on any atom is -0.481 e. The van der Waals surface area contributed by atoms with E-state index in [0.717, 1.165) is 25.7 Å². The maximum absolute atomic E-state index is 11.5. The van der Waals surface area contributed by atoms with Crippen molar-refractivity contribution in [2.75, 3.05) is 0 Å². The maximum Gasteiger partial charge on any atom is 0.306 e. The molecule has 1 N–H and O–H groups in total. The van der Waals surface area contributed by atoms with Crippen LogP contribution in [0.1, 0.15) is 70.6 Å². The van der Waals surface area contributed by atoms with Crippen molar-refractivity contribution in [3.63, 3.8) is 0 Å². The summed E-state index contributed by atoms with van der Waals surface area (Å²) in [6.45, 7) is 0. The van der Waals surface area contributed by atoms with Crippen LogP contribution in [0.25, 0.3) is 0 Å². The molecule has 18 heavy (non-hydrogen) atoms. The summed E-state index contributed by atoms with van der Waals surface area (Å²) in [5, 5.41) is 8.51. The number of carbonyl (C=O) groups excluding carboxylic acids is 1. The molecule has 0 aromatic carbocycles. The molecule has 0 aliphatic heterocycles. The molecule has 0 bridgehead atoms. The number of hydrogen-bond acceptors (Lipinski definition) is 3. The monoisotopic (exact) mass is 256 g/mol. The fourth-order valence-corrected chi connectivity index (χ4v) is 2.34. The number of carboxylic acid groups (broad SMARTS) is 1. The summed E-state index contributed by atoms with van der Waals surface area (Å²) >= 11 is 0. The van der Waals surface area contributed by atoms with Gasteiger partial charge in [-0.2, -0.15) is 0 Å². The van der Waals surface area contributed by atoms with E-state index in [-0.39, 0.29) is 24.9 Å².